The van der Waals surface area contributed by atoms with Crippen LogP contribution < -0.4 is 10.1 Å². The fourth-order valence-electron chi connectivity index (χ4n) is 3.73. The fraction of sp³-hybridized carbons (Fsp3) is 0.524. The highest BCUT2D eigenvalue weighted by atomic mass is 35.5. The summed E-state index contributed by atoms with van der Waals surface area (Å²) in [6, 6.07) is 10.8. The van der Waals surface area contributed by atoms with Crippen molar-refractivity contribution in [2.24, 2.45) is 5.92 Å². The molecule has 26 heavy (non-hydrogen) atoms. The normalized spacial score (nSPS) is 16.9. The van der Waals surface area contributed by atoms with Gasteiger partial charge in [0, 0.05) is 17.5 Å². The van der Waals surface area contributed by atoms with E-state index < -0.39 is 6.10 Å². The molecular formula is C21H30ClNO2S. The van der Waals surface area contributed by atoms with Gasteiger partial charge in [-0.05, 0) is 55.7 Å². The Kier molecular flexibility index (Phi) is 8.42. The lowest BCUT2D eigenvalue weighted by Gasteiger charge is -2.25. The maximum absolute atomic E-state index is 10.4. The van der Waals surface area contributed by atoms with E-state index >= 15 is 0 Å². The quantitative estimate of drug-likeness (QED) is 0.657. The lowest BCUT2D eigenvalue weighted by Crippen LogP contribution is -2.36. The van der Waals surface area contributed by atoms with Gasteiger partial charge in [0.25, 0.3) is 0 Å². The van der Waals surface area contributed by atoms with Crippen LogP contribution in [0.3, 0.4) is 0 Å². The molecule has 1 aromatic carbocycles. The molecule has 0 radical (unpaired) electrons. The number of benzene rings is 1. The van der Waals surface area contributed by atoms with Crippen LogP contribution in [0, 0.1) is 19.8 Å². The molecule has 1 aliphatic rings. The molecule has 2 N–H and O–H groups in total. The second-order valence-corrected chi connectivity index (χ2v) is 8.16. The Balaban J connectivity index is 0.00000243. The number of aliphatic hydroxyl groups excluding tert-OH is 1. The van der Waals surface area contributed by atoms with Crippen molar-refractivity contribution in [2.45, 2.75) is 51.7 Å². The van der Waals surface area contributed by atoms with E-state index in [1.54, 1.807) is 0 Å². The van der Waals surface area contributed by atoms with E-state index in [1.807, 2.05) is 30.4 Å². The van der Waals surface area contributed by atoms with E-state index in [2.05, 4.69) is 35.8 Å². The van der Waals surface area contributed by atoms with Gasteiger partial charge in [0.05, 0.1) is 0 Å². The van der Waals surface area contributed by atoms with Crippen molar-refractivity contribution in [1.82, 2.24) is 5.32 Å². The SMILES string of the molecule is Cc1ccc(OCC(O)CNC(c2cccs2)C2CCCC2)c(C)c1.Cl. The summed E-state index contributed by atoms with van der Waals surface area (Å²) in [5, 5.41) is 16.1. The molecule has 0 amide bonds. The van der Waals surface area contributed by atoms with Crippen molar-refractivity contribution in [2.75, 3.05) is 13.2 Å². The maximum Gasteiger partial charge on any atom is 0.122 e. The van der Waals surface area contributed by atoms with Gasteiger partial charge in [0.1, 0.15) is 18.5 Å². The Morgan fingerprint density at radius 3 is 2.65 bits per heavy atom. The van der Waals surface area contributed by atoms with E-state index in [4.69, 9.17) is 4.74 Å². The smallest absolute Gasteiger partial charge is 0.122 e. The van der Waals surface area contributed by atoms with Crippen LogP contribution in [0.2, 0.25) is 0 Å². The number of aliphatic hydroxyl groups is 1. The fourth-order valence-corrected chi connectivity index (χ4v) is 4.62. The number of hydrogen-bond acceptors (Lipinski definition) is 4. The Morgan fingerprint density at radius 2 is 2.00 bits per heavy atom. The first-order valence-corrected chi connectivity index (χ1v) is 10.2. The zero-order chi connectivity index (χ0) is 17.6. The van der Waals surface area contributed by atoms with Crippen molar-refractivity contribution in [3.8, 4) is 5.75 Å². The summed E-state index contributed by atoms with van der Waals surface area (Å²) >= 11 is 1.81. The molecule has 3 rings (SSSR count). The van der Waals surface area contributed by atoms with Crippen LogP contribution in [-0.2, 0) is 0 Å². The topological polar surface area (TPSA) is 41.5 Å². The van der Waals surface area contributed by atoms with Gasteiger partial charge in [-0.2, -0.15) is 0 Å². The van der Waals surface area contributed by atoms with Gasteiger partial charge in [-0.3, -0.25) is 0 Å². The minimum atomic E-state index is -0.510. The summed E-state index contributed by atoms with van der Waals surface area (Å²) in [6.45, 7) is 4.99. The molecule has 3 nitrogen and oxygen atoms in total. The van der Waals surface area contributed by atoms with Gasteiger partial charge in [-0.25, -0.2) is 0 Å². The van der Waals surface area contributed by atoms with E-state index in [9.17, 15) is 5.11 Å². The molecule has 0 saturated heterocycles. The second-order valence-electron chi connectivity index (χ2n) is 7.18. The van der Waals surface area contributed by atoms with E-state index in [-0.39, 0.29) is 12.4 Å². The summed E-state index contributed by atoms with van der Waals surface area (Å²) in [5.74, 6) is 1.54. The second kappa shape index (κ2) is 10.3. The largest absolute Gasteiger partial charge is 0.491 e. The highest BCUT2D eigenvalue weighted by molar-refractivity contribution is 7.10. The standard InChI is InChI=1S/C21H29NO2S.ClH/c1-15-9-10-19(16(2)12-15)24-14-18(23)13-22-21(17-6-3-4-7-17)20-8-5-11-25-20;/h5,8-12,17-18,21-23H,3-4,6-7,13-14H2,1-2H3;1H. The lowest BCUT2D eigenvalue weighted by atomic mass is 9.96. The third-order valence-electron chi connectivity index (χ3n) is 5.06. The van der Waals surface area contributed by atoms with Gasteiger partial charge < -0.3 is 15.2 Å². The Labute approximate surface area is 167 Å². The molecule has 1 heterocycles. The Bertz CT molecular complexity index is 656. The molecule has 0 aliphatic heterocycles. The Morgan fingerprint density at radius 1 is 1.23 bits per heavy atom. The molecule has 1 fully saturated rings. The van der Waals surface area contributed by atoms with Crippen molar-refractivity contribution in [3.05, 3.63) is 51.7 Å². The Hall–Kier alpha value is -1.07. The molecule has 5 heteroatoms. The van der Waals surface area contributed by atoms with Crippen molar-refractivity contribution in [1.29, 1.82) is 0 Å². The number of aryl methyl sites for hydroxylation is 2. The van der Waals surface area contributed by atoms with Crippen LogP contribution in [0.25, 0.3) is 0 Å². The summed E-state index contributed by atoms with van der Waals surface area (Å²) < 4.78 is 5.81. The van der Waals surface area contributed by atoms with Crippen LogP contribution in [0.4, 0.5) is 0 Å². The molecule has 2 aromatic rings. The molecule has 2 unspecified atom stereocenters. The first kappa shape index (κ1) is 21.2. The van der Waals surface area contributed by atoms with Crippen molar-refractivity contribution in [3.63, 3.8) is 0 Å². The van der Waals surface area contributed by atoms with Gasteiger partial charge in [-0.1, -0.05) is 36.6 Å². The number of thiophene rings is 1. The molecule has 1 saturated carbocycles. The van der Waals surface area contributed by atoms with E-state index in [1.165, 1.54) is 36.1 Å². The molecular weight excluding hydrogens is 366 g/mol. The number of halogens is 1. The third kappa shape index (κ3) is 5.71. The molecule has 0 spiro atoms. The highest BCUT2D eigenvalue weighted by Crippen LogP contribution is 2.37. The monoisotopic (exact) mass is 395 g/mol. The highest BCUT2D eigenvalue weighted by Gasteiger charge is 2.27. The number of rotatable bonds is 8. The van der Waals surface area contributed by atoms with Gasteiger partial charge in [-0.15, -0.1) is 23.7 Å². The average Bonchev–Trinajstić information content (AvgIpc) is 3.28. The zero-order valence-electron chi connectivity index (χ0n) is 15.6. The third-order valence-corrected chi connectivity index (χ3v) is 6.01. The van der Waals surface area contributed by atoms with Crippen LogP contribution in [-0.4, -0.2) is 24.4 Å². The van der Waals surface area contributed by atoms with Crippen LogP contribution in [0.15, 0.2) is 35.7 Å². The lowest BCUT2D eigenvalue weighted by molar-refractivity contribution is 0.101. The maximum atomic E-state index is 10.4. The molecule has 1 aromatic heterocycles. The predicted molar refractivity (Wildman–Crippen MR) is 112 cm³/mol. The van der Waals surface area contributed by atoms with Gasteiger partial charge >= 0.3 is 0 Å². The summed E-state index contributed by atoms with van der Waals surface area (Å²) in [4.78, 5) is 1.38. The molecule has 1 aliphatic carbocycles. The van der Waals surface area contributed by atoms with Gasteiger partial charge in [0.15, 0.2) is 0 Å². The summed E-state index contributed by atoms with van der Waals surface area (Å²) in [7, 11) is 0. The predicted octanol–water partition coefficient (Wildman–Crippen LogP) is 5.05. The minimum Gasteiger partial charge on any atom is -0.491 e. The molecule has 2 atom stereocenters. The summed E-state index contributed by atoms with van der Waals surface area (Å²) in [6.07, 6.45) is 4.71. The first-order chi connectivity index (χ1) is 12.1. The van der Waals surface area contributed by atoms with Crippen molar-refractivity contribution < 1.29 is 9.84 Å². The zero-order valence-corrected chi connectivity index (χ0v) is 17.2. The van der Waals surface area contributed by atoms with Crippen LogP contribution >= 0.6 is 23.7 Å². The van der Waals surface area contributed by atoms with Crippen LogP contribution in [0.1, 0.15) is 47.7 Å². The number of ether oxygens (including phenoxy) is 1. The van der Waals surface area contributed by atoms with E-state index in [0.717, 1.165) is 11.3 Å². The van der Waals surface area contributed by atoms with Crippen LogP contribution in [0.5, 0.6) is 5.75 Å². The van der Waals surface area contributed by atoms with Gasteiger partial charge in [0.2, 0.25) is 0 Å². The average molecular weight is 396 g/mol. The first-order valence-electron chi connectivity index (χ1n) is 9.28. The van der Waals surface area contributed by atoms with Crippen molar-refractivity contribution >= 4 is 23.7 Å². The molecule has 144 valence electrons. The minimum absolute atomic E-state index is 0. The van der Waals surface area contributed by atoms with E-state index in [0.29, 0.717) is 25.1 Å². The molecule has 0 bridgehead atoms. The number of nitrogens with one attached hydrogen (secondary N) is 1. The number of hydrogen-bond donors (Lipinski definition) is 2. The summed E-state index contributed by atoms with van der Waals surface area (Å²) in [5.41, 5.74) is 2.34.